The fraction of sp³-hybridized carbons (Fsp3) is 0.333. The number of nitrogens with zero attached hydrogens (tertiary/aromatic N) is 2. The van der Waals surface area contributed by atoms with E-state index in [2.05, 4.69) is 10.4 Å². The Morgan fingerprint density at radius 1 is 1.61 bits per heavy atom. The van der Waals surface area contributed by atoms with Crippen LogP contribution in [0.5, 0.6) is 0 Å². The molecule has 0 atom stereocenters. The number of carboxylic acids is 1. The Morgan fingerprint density at radius 3 is 3.11 bits per heavy atom. The van der Waals surface area contributed by atoms with E-state index >= 15 is 0 Å². The molecule has 2 N–H and O–H groups in total. The van der Waals surface area contributed by atoms with Crippen LogP contribution in [0, 0.1) is 0 Å². The normalized spacial score (nSPS) is 10.7. The summed E-state index contributed by atoms with van der Waals surface area (Å²) >= 11 is 0. The standard InChI is InChI=1S/C12H15N3O3/c1-15-8-9(6-14-15)2-4-13-7-11-10(12(16)17)3-5-18-11/h3,5-6,8,13H,2,4,7H2,1H3,(H,16,17). The summed E-state index contributed by atoms with van der Waals surface area (Å²) in [4.78, 5) is 10.8. The zero-order chi connectivity index (χ0) is 13.0. The Kier molecular flexibility index (Phi) is 3.78. The maximum absolute atomic E-state index is 10.8. The van der Waals surface area contributed by atoms with Crippen molar-refractivity contribution in [2.45, 2.75) is 13.0 Å². The molecule has 2 heterocycles. The molecule has 0 amide bonds. The number of hydrogen-bond acceptors (Lipinski definition) is 4. The van der Waals surface area contributed by atoms with Crippen molar-refractivity contribution in [2.75, 3.05) is 6.54 Å². The number of aromatic carboxylic acids is 1. The molecular formula is C12H15N3O3. The fourth-order valence-corrected chi connectivity index (χ4v) is 1.70. The monoisotopic (exact) mass is 249 g/mol. The van der Waals surface area contributed by atoms with Crippen molar-refractivity contribution < 1.29 is 14.3 Å². The highest BCUT2D eigenvalue weighted by Crippen LogP contribution is 2.09. The summed E-state index contributed by atoms with van der Waals surface area (Å²) in [6.07, 6.45) is 6.01. The van der Waals surface area contributed by atoms with Crippen LogP contribution in [0.2, 0.25) is 0 Å². The average molecular weight is 249 g/mol. The van der Waals surface area contributed by atoms with Gasteiger partial charge in [0.25, 0.3) is 0 Å². The first-order valence-electron chi connectivity index (χ1n) is 5.64. The van der Waals surface area contributed by atoms with Crippen LogP contribution in [0.25, 0.3) is 0 Å². The van der Waals surface area contributed by atoms with Crippen LogP contribution in [-0.2, 0) is 20.0 Å². The van der Waals surface area contributed by atoms with Gasteiger partial charge in [-0.2, -0.15) is 5.10 Å². The van der Waals surface area contributed by atoms with E-state index in [1.54, 1.807) is 4.68 Å². The molecule has 96 valence electrons. The largest absolute Gasteiger partial charge is 0.478 e. The predicted molar refractivity (Wildman–Crippen MR) is 64.3 cm³/mol. The third-order valence-electron chi connectivity index (χ3n) is 2.61. The molecule has 2 aromatic rings. The minimum absolute atomic E-state index is 0.212. The number of carboxylic acid groups (broad SMARTS) is 1. The topological polar surface area (TPSA) is 80.3 Å². The lowest BCUT2D eigenvalue weighted by molar-refractivity contribution is 0.0694. The molecule has 2 aromatic heterocycles. The molecule has 0 saturated carbocycles. The minimum atomic E-state index is -0.965. The molecule has 0 bridgehead atoms. The van der Waals surface area contributed by atoms with Crippen molar-refractivity contribution in [3.05, 3.63) is 41.6 Å². The zero-order valence-electron chi connectivity index (χ0n) is 10.1. The number of rotatable bonds is 6. The number of hydrogen-bond donors (Lipinski definition) is 2. The summed E-state index contributed by atoms with van der Waals surface area (Å²) in [7, 11) is 1.87. The van der Waals surface area contributed by atoms with E-state index in [0.717, 1.165) is 18.5 Å². The lowest BCUT2D eigenvalue weighted by atomic mass is 10.2. The zero-order valence-corrected chi connectivity index (χ0v) is 10.1. The van der Waals surface area contributed by atoms with Crippen LogP contribution in [0.4, 0.5) is 0 Å². The Bertz CT molecular complexity index is 530. The maximum Gasteiger partial charge on any atom is 0.339 e. The van der Waals surface area contributed by atoms with Crippen LogP contribution in [0.1, 0.15) is 21.7 Å². The highest BCUT2D eigenvalue weighted by atomic mass is 16.4. The van der Waals surface area contributed by atoms with E-state index in [0.29, 0.717) is 12.3 Å². The summed E-state index contributed by atoms with van der Waals surface area (Å²) in [6.45, 7) is 1.15. The van der Waals surface area contributed by atoms with Crippen LogP contribution < -0.4 is 5.32 Å². The van der Waals surface area contributed by atoms with Gasteiger partial charge >= 0.3 is 5.97 Å². The third-order valence-corrected chi connectivity index (χ3v) is 2.61. The first kappa shape index (κ1) is 12.4. The van der Waals surface area contributed by atoms with E-state index < -0.39 is 5.97 Å². The average Bonchev–Trinajstić information content (AvgIpc) is 2.93. The van der Waals surface area contributed by atoms with Crippen LogP contribution in [-0.4, -0.2) is 27.4 Å². The summed E-state index contributed by atoms with van der Waals surface area (Å²) in [6, 6.07) is 1.46. The molecule has 0 unspecified atom stereocenters. The Hall–Kier alpha value is -2.08. The molecule has 6 heteroatoms. The van der Waals surface area contributed by atoms with Gasteiger partial charge in [0, 0.05) is 13.2 Å². The molecule has 0 fully saturated rings. The van der Waals surface area contributed by atoms with Crippen molar-refractivity contribution in [2.24, 2.45) is 7.05 Å². The van der Waals surface area contributed by atoms with Crippen molar-refractivity contribution in [1.29, 1.82) is 0 Å². The molecule has 6 nitrogen and oxygen atoms in total. The van der Waals surface area contributed by atoms with Gasteiger partial charge in [-0.05, 0) is 24.6 Å². The van der Waals surface area contributed by atoms with Gasteiger partial charge in [-0.1, -0.05) is 0 Å². The molecular weight excluding hydrogens is 234 g/mol. The van der Waals surface area contributed by atoms with Crippen molar-refractivity contribution in [1.82, 2.24) is 15.1 Å². The minimum Gasteiger partial charge on any atom is -0.478 e. The van der Waals surface area contributed by atoms with Gasteiger partial charge in [-0.3, -0.25) is 4.68 Å². The van der Waals surface area contributed by atoms with Gasteiger partial charge in [0.2, 0.25) is 0 Å². The van der Waals surface area contributed by atoms with Gasteiger partial charge in [0.05, 0.1) is 19.0 Å². The van der Waals surface area contributed by atoms with Crippen molar-refractivity contribution >= 4 is 5.97 Å². The van der Waals surface area contributed by atoms with E-state index in [1.165, 1.54) is 12.3 Å². The van der Waals surface area contributed by atoms with Crippen LogP contribution >= 0.6 is 0 Å². The van der Waals surface area contributed by atoms with E-state index in [4.69, 9.17) is 9.52 Å². The van der Waals surface area contributed by atoms with Gasteiger partial charge in [-0.15, -0.1) is 0 Å². The number of aromatic nitrogens is 2. The molecule has 0 spiro atoms. The summed E-state index contributed by atoms with van der Waals surface area (Å²) < 4.78 is 6.88. The predicted octanol–water partition coefficient (Wildman–Crippen LogP) is 1.04. The molecule has 0 aromatic carbocycles. The van der Waals surface area contributed by atoms with E-state index in [1.807, 2.05) is 19.4 Å². The second kappa shape index (κ2) is 5.50. The summed E-state index contributed by atoms with van der Waals surface area (Å²) in [5, 5.41) is 16.1. The van der Waals surface area contributed by atoms with Crippen molar-refractivity contribution in [3.63, 3.8) is 0 Å². The number of aryl methyl sites for hydroxylation is 1. The quantitative estimate of drug-likeness (QED) is 0.748. The van der Waals surface area contributed by atoms with Gasteiger partial charge < -0.3 is 14.8 Å². The van der Waals surface area contributed by atoms with Crippen LogP contribution in [0.3, 0.4) is 0 Å². The molecule has 0 saturated heterocycles. The highest BCUT2D eigenvalue weighted by Gasteiger charge is 2.12. The third kappa shape index (κ3) is 2.98. The van der Waals surface area contributed by atoms with Crippen molar-refractivity contribution in [3.8, 4) is 0 Å². The SMILES string of the molecule is Cn1cc(CCNCc2occc2C(=O)O)cn1. The number of furan rings is 1. The Balaban J connectivity index is 1.78. The number of carbonyl (C=O) groups is 1. The smallest absolute Gasteiger partial charge is 0.339 e. The van der Waals surface area contributed by atoms with Gasteiger partial charge in [0.15, 0.2) is 0 Å². The second-order valence-electron chi connectivity index (χ2n) is 4.01. The Morgan fingerprint density at radius 2 is 2.44 bits per heavy atom. The lowest BCUT2D eigenvalue weighted by Crippen LogP contribution is -2.17. The summed E-state index contributed by atoms with van der Waals surface area (Å²) in [5.41, 5.74) is 1.35. The van der Waals surface area contributed by atoms with Gasteiger partial charge in [-0.25, -0.2) is 4.79 Å². The molecule has 0 aliphatic rings. The first-order valence-corrected chi connectivity index (χ1v) is 5.64. The number of nitrogens with one attached hydrogen (secondary N) is 1. The molecule has 0 aliphatic heterocycles. The molecule has 0 aliphatic carbocycles. The van der Waals surface area contributed by atoms with E-state index in [9.17, 15) is 4.79 Å². The molecule has 18 heavy (non-hydrogen) atoms. The first-order chi connectivity index (χ1) is 8.66. The maximum atomic E-state index is 10.8. The fourth-order valence-electron chi connectivity index (χ4n) is 1.70. The van der Waals surface area contributed by atoms with Crippen LogP contribution in [0.15, 0.2) is 29.1 Å². The lowest BCUT2D eigenvalue weighted by Gasteiger charge is -2.02. The van der Waals surface area contributed by atoms with Gasteiger partial charge in [0.1, 0.15) is 11.3 Å². The molecule has 0 radical (unpaired) electrons. The van der Waals surface area contributed by atoms with E-state index in [-0.39, 0.29) is 5.56 Å². The molecule has 2 rings (SSSR count). The Labute approximate surface area is 104 Å². The second-order valence-corrected chi connectivity index (χ2v) is 4.01. The highest BCUT2D eigenvalue weighted by molar-refractivity contribution is 5.88. The summed E-state index contributed by atoms with van der Waals surface area (Å²) in [5.74, 6) is -0.513.